The molecule has 0 aliphatic heterocycles. The minimum absolute atomic E-state index is 0.223. The molecule has 1 aromatic heterocycles. The first kappa shape index (κ1) is 16.7. The van der Waals surface area contributed by atoms with Gasteiger partial charge in [0.05, 0.1) is 11.6 Å². The zero-order chi connectivity index (χ0) is 17.9. The second-order valence-electron chi connectivity index (χ2n) is 6.14. The smallest absolute Gasteiger partial charge is 0.257 e. The third kappa shape index (κ3) is 3.22. The lowest BCUT2D eigenvalue weighted by molar-refractivity contribution is 0.0497. The van der Waals surface area contributed by atoms with E-state index in [1.807, 2.05) is 0 Å². The molecule has 1 fully saturated rings. The highest BCUT2D eigenvalue weighted by Crippen LogP contribution is 2.37. The van der Waals surface area contributed by atoms with Crippen LogP contribution in [0.1, 0.15) is 40.0 Å². The van der Waals surface area contributed by atoms with Gasteiger partial charge < -0.3 is 10.2 Å². The number of amides is 2. The summed E-state index contributed by atoms with van der Waals surface area (Å²) in [5.41, 5.74) is 0.696. The summed E-state index contributed by atoms with van der Waals surface area (Å²) < 4.78 is 0. The van der Waals surface area contributed by atoms with Gasteiger partial charge in [0, 0.05) is 30.7 Å². The molecule has 0 saturated heterocycles. The Morgan fingerprint density at radius 1 is 1.24 bits per heavy atom. The average molecular weight is 334 g/mol. The van der Waals surface area contributed by atoms with Crippen LogP contribution in [0.3, 0.4) is 0 Å². The van der Waals surface area contributed by atoms with Crippen LogP contribution in [0.15, 0.2) is 48.8 Å². The van der Waals surface area contributed by atoms with Gasteiger partial charge in [0.25, 0.3) is 11.8 Å². The summed E-state index contributed by atoms with van der Waals surface area (Å²) in [5, 5.41) is 12.2. The van der Waals surface area contributed by atoms with E-state index < -0.39 is 5.54 Å². The number of aromatic nitrogens is 1. The van der Waals surface area contributed by atoms with E-state index in [1.54, 1.807) is 49.6 Å². The van der Waals surface area contributed by atoms with Crippen LogP contribution < -0.4 is 5.32 Å². The molecular formula is C19H18N4O2. The molecule has 1 saturated carbocycles. The van der Waals surface area contributed by atoms with Gasteiger partial charge in [-0.1, -0.05) is 6.07 Å². The maximum Gasteiger partial charge on any atom is 0.257 e. The van der Waals surface area contributed by atoms with Crippen molar-refractivity contribution >= 4 is 17.5 Å². The van der Waals surface area contributed by atoms with E-state index in [9.17, 15) is 14.9 Å². The Labute approximate surface area is 146 Å². The molecule has 1 aromatic carbocycles. The molecule has 1 aliphatic rings. The van der Waals surface area contributed by atoms with Crippen LogP contribution in [-0.2, 0) is 0 Å². The number of anilines is 1. The molecule has 1 aliphatic carbocycles. The third-order valence-corrected chi connectivity index (χ3v) is 4.63. The molecule has 126 valence electrons. The van der Waals surface area contributed by atoms with Crippen LogP contribution in [0.4, 0.5) is 5.69 Å². The van der Waals surface area contributed by atoms with Crippen molar-refractivity contribution < 1.29 is 9.59 Å². The number of pyridine rings is 1. The number of carbonyl (C=O) groups is 2. The first-order valence-electron chi connectivity index (χ1n) is 8.07. The highest BCUT2D eigenvalue weighted by atomic mass is 16.2. The Kier molecular flexibility index (Phi) is 4.48. The second-order valence-corrected chi connectivity index (χ2v) is 6.14. The first-order valence-corrected chi connectivity index (χ1v) is 8.07. The highest BCUT2D eigenvalue weighted by molar-refractivity contribution is 6.05. The zero-order valence-electron chi connectivity index (χ0n) is 13.9. The largest absolute Gasteiger partial charge is 0.323 e. The molecule has 25 heavy (non-hydrogen) atoms. The summed E-state index contributed by atoms with van der Waals surface area (Å²) in [6.45, 7) is 0. The SMILES string of the molecule is CN(C(=O)c1cccc(NC(=O)c2cccnc2)c1)C1(C#N)CCC1. The van der Waals surface area contributed by atoms with Crippen LogP contribution in [0.25, 0.3) is 0 Å². The Bertz CT molecular complexity index is 838. The molecule has 0 spiro atoms. The van der Waals surface area contributed by atoms with Crippen molar-refractivity contribution in [3.8, 4) is 6.07 Å². The van der Waals surface area contributed by atoms with Crippen molar-refractivity contribution in [3.05, 3.63) is 59.9 Å². The summed E-state index contributed by atoms with van der Waals surface area (Å²) in [6, 6.07) is 12.3. The number of nitrogens with one attached hydrogen (secondary N) is 1. The number of carbonyl (C=O) groups excluding carboxylic acids is 2. The number of nitrogens with zero attached hydrogens (tertiary/aromatic N) is 3. The van der Waals surface area contributed by atoms with E-state index in [2.05, 4.69) is 16.4 Å². The highest BCUT2D eigenvalue weighted by Gasteiger charge is 2.43. The van der Waals surface area contributed by atoms with Gasteiger partial charge in [0.1, 0.15) is 5.54 Å². The van der Waals surface area contributed by atoms with E-state index in [-0.39, 0.29) is 11.8 Å². The zero-order valence-corrected chi connectivity index (χ0v) is 13.9. The number of nitriles is 1. The Morgan fingerprint density at radius 2 is 2.00 bits per heavy atom. The Morgan fingerprint density at radius 3 is 2.60 bits per heavy atom. The number of hydrogen-bond donors (Lipinski definition) is 1. The predicted molar refractivity (Wildman–Crippen MR) is 92.9 cm³/mol. The van der Waals surface area contributed by atoms with Gasteiger partial charge in [-0.3, -0.25) is 14.6 Å². The van der Waals surface area contributed by atoms with Crippen molar-refractivity contribution in [3.63, 3.8) is 0 Å². The molecular weight excluding hydrogens is 316 g/mol. The van der Waals surface area contributed by atoms with Crippen LogP contribution in [-0.4, -0.2) is 34.3 Å². The second kappa shape index (κ2) is 6.73. The maximum absolute atomic E-state index is 12.7. The minimum Gasteiger partial charge on any atom is -0.323 e. The molecule has 1 heterocycles. The molecule has 0 radical (unpaired) electrons. The fourth-order valence-electron chi connectivity index (χ4n) is 2.85. The molecule has 0 unspecified atom stereocenters. The van der Waals surface area contributed by atoms with Crippen LogP contribution in [0, 0.1) is 11.3 Å². The molecule has 2 amide bonds. The third-order valence-electron chi connectivity index (χ3n) is 4.63. The summed E-state index contributed by atoms with van der Waals surface area (Å²) >= 11 is 0. The van der Waals surface area contributed by atoms with Crippen LogP contribution in [0.5, 0.6) is 0 Å². The summed E-state index contributed by atoms with van der Waals surface area (Å²) in [6.07, 6.45) is 5.42. The lowest BCUT2D eigenvalue weighted by atomic mass is 9.76. The predicted octanol–water partition coefficient (Wildman–Crippen LogP) is 2.85. The first-order chi connectivity index (χ1) is 12.1. The maximum atomic E-state index is 12.7. The Hall–Kier alpha value is -3.20. The van der Waals surface area contributed by atoms with Gasteiger partial charge in [0.2, 0.25) is 0 Å². The number of hydrogen-bond acceptors (Lipinski definition) is 4. The van der Waals surface area contributed by atoms with E-state index >= 15 is 0 Å². The van der Waals surface area contributed by atoms with E-state index in [0.29, 0.717) is 29.7 Å². The number of rotatable bonds is 4. The molecule has 3 rings (SSSR count). The van der Waals surface area contributed by atoms with Gasteiger partial charge in [-0.15, -0.1) is 0 Å². The lowest BCUT2D eigenvalue weighted by Gasteiger charge is -2.42. The van der Waals surface area contributed by atoms with Gasteiger partial charge in [-0.05, 0) is 49.6 Å². The van der Waals surface area contributed by atoms with Crippen molar-refractivity contribution in [1.29, 1.82) is 5.26 Å². The molecule has 6 nitrogen and oxygen atoms in total. The summed E-state index contributed by atoms with van der Waals surface area (Å²) in [7, 11) is 1.66. The van der Waals surface area contributed by atoms with E-state index in [1.165, 1.54) is 11.1 Å². The lowest BCUT2D eigenvalue weighted by Crippen LogP contribution is -2.53. The fraction of sp³-hybridized carbons (Fsp3) is 0.263. The monoisotopic (exact) mass is 334 g/mol. The van der Waals surface area contributed by atoms with Gasteiger partial charge in [0.15, 0.2) is 0 Å². The van der Waals surface area contributed by atoms with Crippen molar-refractivity contribution in [1.82, 2.24) is 9.88 Å². The normalized spacial score (nSPS) is 14.7. The quantitative estimate of drug-likeness (QED) is 0.931. The van der Waals surface area contributed by atoms with Gasteiger partial charge in [-0.2, -0.15) is 5.26 Å². The fourth-order valence-corrected chi connectivity index (χ4v) is 2.85. The summed E-state index contributed by atoms with van der Waals surface area (Å²) in [4.78, 5) is 30.3. The van der Waals surface area contributed by atoms with Crippen molar-refractivity contribution in [2.24, 2.45) is 0 Å². The molecule has 6 heteroatoms. The average Bonchev–Trinajstić information content (AvgIpc) is 2.61. The van der Waals surface area contributed by atoms with Crippen molar-refractivity contribution in [2.75, 3.05) is 12.4 Å². The Balaban J connectivity index is 1.76. The van der Waals surface area contributed by atoms with Crippen LogP contribution >= 0.6 is 0 Å². The summed E-state index contributed by atoms with van der Waals surface area (Å²) in [5.74, 6) is -0.516. The van der Waals surface area contributed by atoms with Crippen LogP contribution in [0.2, 0.25) is 0 Å². The minimum atomic E-state index is -0.702. The van der Waals surface area contributed by atoms with E-state index in [0.717, 1.165) is 6.42 Å². The molecule has 1 N–H and O–H groups in total. The molecule has 0 atom stereocenters. The molecule has 0 bridgehead atoms. The molecule has 2 aromatic rings. The topological polar surface area (TPSA) is 86.1 Å². The van der Waals surface area contributed by atoms with Crippen molar-refractivity contribution in [2.45, 2.75) is 24.8 Å². The number of benzene rings is 1. The van der Waals surface area contributed by atoms with E-state index in [4.69, 9.17) is 0 Å². The van der Waals surface area contributed by atoms with Gasteiger partial charge in [-0.25, -0.2) is 0 Å². The standard InChI is InChI=1S/C19H18N4O2/c1-23(19(13-20)8-4-9-19)18(25)14-5-2-7-16(11-14)22-17(24)15-6-3-10-21-12-15/h2-3,5-7,10-12H,4,8-9H2,1H3,(H,22,24). The van der Waals surface area contributed by atoms with Gasteiger partial charge >= 0.3 is 0 Å².